The molecule has 2 aromatic heterocycles. The van der Waals surface area contributed by atoms with Gasteiger partial charge in [0.25, 0.3) is 5.91 Å². The Balaban J connectivity index is 1.78. The van der Waals surface area contributed by atoms with Crippen LogP contribution >= 0.6 is 22.9 Å². The Hall–Kier alpha value is -2.70. The Bertz CT molecular complexity index is 1140. The van der Waals surface area contributed by atoms with Gasteiger partial charge in [-0.3, -0.25) is 14.4 Å². The summed E-state index contributed by atoms with van der Waals surface area (Å²) in [5.74, 6) is -0.168. The van der Waals surface area contributed by atoms with E-state index < -0.39 is 0 Å². The number of amides is 1. The second-order valence-corrected chi connectivity index (χ2v) is 7.87. The molecule has 2 heterocycles. The van der Waals surface area contributed by atoms with Crippen molar-refractivity contribution in [3.05, 3.63) is 76.6 Å². The first-order chi connectivity index (χ1) is 13.6. The third kappa shape index (κ3) is 3.53. The second kappa shape index (κ2) is 7.73. The third-order valence-electron chi connectivity index (χ3n) is 4.58. The van der Waals surface area contributed by atoms with Crippen LogP contribution < -0.4 is 4.90 Å². The number of carbonyl (C=O) groups is 1. The molecular formula is C21H19ClN4OS. The number of benzene rings is 2. The van der Waals surface area contributed by atoms with Gasteiger partial charge in [0.05, 0.1) is 16.8 Å². The average Bonchev–Trinajstić information content (AvgIpc) is 3.36. The Morgan fingerprint density at radius 3 is 2.68 bits per heavy atom. The first-order valence-corrected chi connectivity index (χ1v) is 10.2. The Morgan fingerprint density at radius 2 is 1.96 bits per heavy atom. The predicted molar refractivity (Wildman–Crippen MR) is 114 cm³/mol. The first-order valence-electron chi connectivity index (χ1n) is 9.01. The van der Waals surface area contributed by atoms with Gasteiger partial charge in [0.15, 0.2) is 10.8 Å². The highest BCUT2D eigenvalue weighted by molar-refractivity contribution is 7.22. The molecule has 1 amide bonds. The minimum Gasteiger partial charge on any atom is -0.278 e. The van der Waals surface area contributed by atoms with Crippen molar-refractivity contribution in [1.29, 1.82) is 0 Å². The smallest absolute Gasteiger partial charge is 0.278 e. The van der Waals surface area contributed by atoms with Crippen LogP contribution in [0.5, 0.6) is 0 Å². The van der Waals surface area contributed by atoms with E-state index in [-0.39, 0.29) is 5.91 Å². The van der Waals surface area contributed by atoms with Crippen molar-refractivity contribution < 1.29 is 4.79 Å². The van der Waals surface area contributed by atoms with Crippen molar-refractivity contribution in [3.8, 4) is 0 Å². The van der Waals surface area contributed by atoms with E-state index >= 15 is 0 Å². The van der Waals surface area contributed by atoms with E-state index in [1.54, 1.807) is 15.6 Å². The summed E-state index contributed by atoms with van der Waals surface area (Å²) >= 11 is 7.74. The van der Waals surface area contributed by atoms with Gasteiger partial charge in [0.1, 0.15) is 0 Å². The number of anilines is 1. The summed E-state index contributed by atoms with van der Waals surface area (Å²) in [4.78, 5) is 19.7. The molecule has 0 fully saturated rings. The summed E-state index contributed by atoms with van der Waals surface area (Å²) in [6.07, 6.45) is 1.82. The molecule has 0 spiro atoms. The molecule has 2 aromatic carbocycles. The van der Waals surface area contributed by atoms with Gasteiger partial charge in [-0.05, 0) is 43.2 Å². The number of hydrogen-bond acceptors (Lipinski definition) is 4. The Morgan fingerprint density at radius 1 is 1.18 bits per heavy atom. The van der Waals surface area contributed by atoms with Crippen LogP contribution in [0.25, 0.3) is 10.2 Å². The van der Waals surface area contributed by atoms with Crippen LogP contribution in [0, 0.1) is 6.92 Å². The van der Waals surface area contributed by atoms with E-state index in [1.165, 1.54) is 11.3 Å². The van der Waals surface area contributed by atoms with E-state index in [0.717, 1.165) is 21.3 Å². The van der Waals surface area contributed by atoms with Gasteiger partial charge in [-0.15, -0.1) is 0 Å². The van der Waals surface area contributed by atoms with Crippen molar-refractivity contribution in [3.63, 3.8) is 0 Å². The summed E-state index contributed by atoms with van der Waals surface area (Å²) in [6, 6.07) is 15.5. The van der Waals surface area contributed by atoms with Crippen LogP contribution in [0.15, 0.2) is 54.7 Å². The molecule has 4 aromatic rings. The zero-order valence-corrected chi connectivity index (χ0v) is 17.2. The minimum atomic E-state index is -0.168. The first kappa shape index (κ1) is 18.7. The molecule has 7 heteroatoms. The number of aryl methyl sites for hydroxylation is 2. The number of thiazole rings is 1. The predicted octanol–water partition coefficient (Wildman–Crippen LogP) is 5.32. The van der Waals surface area contributed by atoms with Crippen molar-refractivity contribution in [2.45, 2.75) is 26.9 Å². The topological polar surface area (TPSA) is 51.0 Å². The van der Waals surface area contributed by atoms with Crippen molar-refractivity contribution in [1.82, 2.24) is 14.8 Å². The lowest BCUT2D eigenvalue weighted by Crippen LogP contribution is -2.30. The monoisotopic (exact) mass is 410 g/mol. The molecule has 0 aliphatic carbocycles. The van der Waals surface area contributed by atoms with Gasteiger partial charge in [-0.2, -0.15) is 5.10 Å². The summed E-state index contributed by atoms with van der Waals surface area (Å²) < 4.78 is 2.75. The van der Waals surface area contributed by atoms with E-state index in [9.17, 15) is 4.79 Å². The van der Waals surface area contributed by atoms with E-state index in [1.807, 2.05) is 62.5 Å². The largest absolute Gasteiger partial charge is 0.280 e. The molecule has 0 aliphatic heterocycles. The van der Waals surface area contributed by atoms with Gasteiger partial charge >= 0.3 is 0 Å². The molecule has 0 aliphatic rings. The molecule has 0 bridgehead atoms. The Kier molecular flexibility index (Phi) is 5.15. The number of carbonyl (C=O) groups excluding carboxylic acids is 1. The zero-order chi connectivity index (χ0) is 19.7. The summed E-state index contributed by atoms with van der Waals surface area (Å²) in [5, 5.41) is 5.70. The second-order valence-electron chi connectivity index (χ2n) is 6.45. The van der Waals surface area contributed by atoms with Crippen LogP contribution in [-0.4, -0.2) is 20.7 Å². The molecule has 0 N–H and O–H groups in total. The number of hydrogen-bond donors (Lipinski definition) is 0. The van der Waals surface area contributed by atoms with E-state index in [2.05, 4.69) is 5.10 Å². The van der Waals surface area contributed by atoms with Gasteiger partial charge < -0.3 is 0 Å². The maximum Gasteiger partial charge on any atom is 0.280 e. The zero-order valence-electron chi connectivity index (χ0n) is 15.6. The summed E-state index contributed by atoms with van der Waals surface area (Å²) in [5.41, 5.74) is 3.19. The number of aromatic nitrogens is 3. The summed E-state index contributed by atoms with van der Waals surface area (Å²) in [7, 11) is 0. The van der Waals surface area contributed by atoms with Crippen LogP contribution in [0.3, 0.4) is 0 Å². The molecule has 0 radical (unpaired) electrons. The number of fused-ring (bicyclic) bond motifs is 1. The fraction of sp³-hybridized carbons (Fsp3) is 0.190. The summed E-state index contributed by atoms with van der Waals surface area (Å²) in [6.45, 7) is 5.07. The molecule has 5 nitrogen and oxygen atoms in total. The SMILES string of the molecule is CCn1ccc(C(=O)N(Cc2ccccc2)c2nc3c(C)c(Cl)ccc3s2)n1. The highest BCUT2D eigenvalue weighted by Gasteiger charge is 2.24. The molecule has 142 valence electrons. The van der Waals surface area contributed by atoms with Crippen LogP contribution in [-0.2, 0) is 13.1 Å². The molecule has 0 unspecified atom stereocenters. The highest BCUT2D eigenvalue weighted by atomic mass is 35.5. The molecule has 0 saturated heterocycles. The van der Waals surface area contributed by atoms with Crippen molar-refractivity contribution in [2.24, 2.45) is 0 Å². The van der Waals surface area contributed by atoms with Crippen LogP contribution in [0.2, 0.25) is 5.02 Å². The molecular weight excluding hydrogens is 392 g/mol. The fourth-order valence-corrected chi connectivity index (χ4v) is 4.16. The number of nitrogens with zero attached hydrogens (tertiary/aromatic N) is 4. The average molecular weight is 411 g/mol. The minimum absolute atomic E-state index is 0.168. The van der Waals surface area contributed by atoms with Gasteiger partial charge in [-0.1, -0.05) is 53.3 Å². The van der Waals surface area contributed by atoms with Gasteiger partial charge in [0, 0.05) is 17.8 Å². The normalized spacial score (nSPS) is 11.1. The quantitative estimate of drug-likeness (QED) is 0.447. The molecule has 28 heavy (non-hydrogen) atoms. The van der Waals surface area contributed by atoms with E-state index in [0.29, 0.717) is 28.9 Å². The number of halogens is 1. The standard InChI is InChI=1S/C21H19ClN4OS/c1-3-25-12-11-17(24-25)20(27)26(13-15-7-5-4-6-8-15)21-23-19-14(2)16(22)9-10-18(19)28-21/h4-12H,3,13H2,1-2H3. The van der Waals surface area contributed by atoms with Crippen molar-refractivity contribution >= 4 is 44.2 Å². The lowest BCUT2D eigenvalue weighted by molar-refractivity contribution is 0.0979. The third-order valence-corrected chi connectivity index (χ3v) is 6.03. The maximum atomic E-state index is 13.3. The lowest BCUT2D eigenvalue weighted by atomic mass is 10.2. The molecule has 0 atom stereocenters. The fourth-order valence-electron chi connectivity index (χ4n) is 2.99. The lowest BCUT2D eigenvalue weighted by Gasteiger charge is -2.19. The van der Waals surface area contributed by atoms with Gasteiger partial charge in [-0.25, -0.2) is 4.98 Å². The van der Waals surface area contributed by atoms with Crippen LogP contribution in [0.4, 0.5) is 5.13 Å². The molecule has 4 rings (SSSR count). The highest BCUT2D eigenvalue weighted by Crippen LogP contribution is 2.34. The van der Waals surface area contributed by atoms with Crippen LogP contribution in [0.1, 0.15) is 28.5 Å². The Labute approximate surface area is 172 Å². The van der Waals surface area contributed by atoms with Crippen molar-refractivity contribution in [2.75, 3.05) is 4.90 Å². The molecule has 0 saturated carbocycles. The number of rotatable bonds is 5. The maximum absolute atomic E-state index is 13.3. The van der Waals surface area contributed by atoms with E-state index in [4.69, 9.17) is 16.6 Å². The van der Waals surface area contributed by atoms with Gasteiger partial charge in [0.2, 0.25) is 0 Å².